The van der Waals surface area contributed by atoms with Crippen molar-refractivity contribution in [2.24, 2.45) is 0 Å². The molecule has 1 aliphatic heterocycles. The lowest BCUT2D eigenvalue weighted by atomic mass is 10.2. The van der Waals surface area contributed by atoms with Gasteiger partial charge in [0.25, 0.3) is 0 Å². The molecule has 2 heterocycles. The summed E-state index contributed by atoms with van der Waals surface area (Å²) in [6.45, 7) is 1.72. The first kappa shape index (κ1) is 10.5. The van der Waals surface area contributed by atoms with Crippen molar-refractivity contribution in [3.8, 4) is 6.07 Å². The van der Waals surface area contributed by atoms with E-state index in [-0.39, 0.29) is 0 Å². The summed E-state index contributed by atoms with van der Waals surface area (Å²) in [5.41, 5.74) is 0.478. The molecule has 0 amide bonds. The zero-order valence-corrected chi connectivity index (χ0v) is 9.17. The van der Waals surface area contributed by atoms with E-state index in [9.17, 15) is 0 Å². The third kappa shape index (κ3) is 2.95. The number of aromatic nitrogens is 1. The lowest BCUT2D eigenvalue weighted by Crippen LogP contribution is -2.17. The third-order valence-electron chi connectivity index (χ3n) is 2.32. The Kier molecular flexibility index (Phi) is 3.59. The van der Waals surface area contributed by atoms with E-state index in [1.165, 1.54) is 0 Å². The minimum Gasteiger partial charge on any atom is -0.381 e. The van der Waals surface area contributed by atoms with E-state index in [1.54, 1.807) is 12.3 Å². The van der Waals surface area contributed by atoms with Gasteiger partial charge in [-0.05, 0) is 25.0 Å². The molecule has 1 fully saturated rings. The van der Waals surface area contributed by atoms with Crippen LogP contribution in [-0.4, -0.2) is 23.4 Å². The lowest BCUT2D eigenvalue weighted by Gasteiger charge is -2.21. The Hall–Kier alpha value is -1.05. The van der Waals surface area contributed by atoms with Crippen molar-refractivity contribution in [3.63, 3.8) is 0 Å². The van der Waals surface area contributed by atoms with Crippen LogP contribution < -0.4 is 0 Å². The zero-order valence-electron chi connectivity index (χ0n) is 8.35. The predicted molar refractivity (Wildman–Crippen MR) is 58.7 cm³/mol. The fraction of sp³-hybridized carbons (Fsp3) is 0.455. The molecular formula is C11H12N2OS. The van der Waals surface area contributed by atoms with Gasteiger partial charge in [0.15, 0.2) is 0 Å². The van der Waals surface area contributed by atoms with Crippen LogP contribution >= 0.6 is 11.8 Å². The molecule has 0 atom stereocenters. The van der Waals surface area contributed by atoms with E-state index in [0.29, 0.717) is 10.9 Å². The van der Waals surface area contributed by atoms with Crippen LogP contribution in [0.25, 0.3) is 0 Å². The Morgan fingerprint density at radius 2 is 2.20 bits per heavy atom. The number of ether oxygens (including phenoxy) is 1. The van der Waals surface area contributed by atoms with E-state index in [2.05, 4.69) is 4.98 Å². The molecule has 15 heavy (non-hydrogen) atoms. The van der Waals surface area contributed by atoms with Crippen molar-refractivity contribution in [2.45, 2.75) is 23.0 Å². The first-order valence-electron chi connectivity index (χ1n) is 4.99. The quantitative estimate of drug-likeness (QED) is 0.766. The summed E-state index contributed by atoms with van der Waals surface area (Å²) in [7, 11) is 0. The predicted octanol–water partition coefficient (Wildman–Crippen LogP) is 2.22. The minimum atomic E-state index is 0.478. The van der Waals surface area contributed by atoms with Crippen LogP contribution in [0.3, 0.4) is 0 Å². The number of hydrogen-bond acceptors (Lipinski definition) is 4. The van der Waals surface area contributed by atoms with Gasteiger partial charge in [-0.1, -0.05) is 0 Å². The molecule has 3 nitrogen and oxygen atoms in total. The average molecular weight is 220 g/mol. The molecule has 1 saturated heterocycles. The normalized spacial score (nSPS) is 17.3. The maximum atomic E-state index is 8.61. The van der Waals surface area contributed by atoms with Gasteiger partial charge in [-0.3, -0.25) is 0 Å². The second kappa shape index (κ2) is 5.15. The van der Waals surface area contributed by atoms with Crippen LogP contribution in [0.1, 0.15) is 18.5 Å². The summed E-state index contributed by atoms with van der Waals surface area (Å²) in [5, 5.41) is 9.25. The largest absolute Gasteiger partial charge is 0.381 e. The SMILES string of the molecule is N#Cc1ccc(SC2CCOCC2)cn1. The van der Waals surface area contributed by atoms with Gasteiger partial charge >= 0.3 is 0 Å². The summed E-state index contributed by atoms with van der Waals surface area (Å²) < 4.78 is 5.30. The van der Waals surface area contributed by atoms with Crippen LogP contribution in [0.5, 0.6) is 0 Å². The van der Waals surface area contributed by atoms with E-state index in [1.807, 2.05) is 23.9 Å². The molecule has 1 aromatic heterocycles. The zero-order chi connectivity index (χ0) is 10.5. The van der Waals surface area contributed by atoms with Crippen LogP contribution in [0.15, 0.2) is 23.2 Å². The molecule has 78 valence electrons. The van der Waals surface area contributed by atoms with Crippen molar-refractivity contribution >= 4 is 11.8 Å². The Morgan fingerprint density at radius 3 is 2.80 bits per heavy atom. The van der Waals surface area contributed by atoms with Crippen LogP contribution in [0.4, 0.5) is 0 Å². The molecule has 0 aliphatic carbocycles. The van der Waals surface area contributed by atoms with Gasteiger partial charge in [0.2, 0.25) is 0 Å². The number of hydrogen-bond donors (Lipinski definition) is 0. The third-order valence-corrected chi connectivity index (χ3v) is 3.64. The molecule has 1 aliphatic rings. The second-order valence-electron chi connectivity index (χ2n) is 3.42. The van der Waals surface area contributed by atoms with E-state index in [4.69, 9.17) is 10.00 Å². The van der Waals surface area contributed by atoms with Gasteiger partial charge in [-0.2, -0.15) is 5.26 Å². The average Bonchev–Trinajstić information content (AvgIpc) is 2.31. The molecule has 0 saturated carbocycles. The Balaban J connectivity index is 1.95. The van der Waals surface area contributed by atoms with Gasteiger partial charge in [-0.15, -0.1) is 11.8 Å². The molecule has 4 heteroatoms. The van der Waals surface area contributed by atoms with Gasteiger partial charge in [0, 0.05) is 29.6 Å². The van der Waals surface area contributed by atoms with E-state index >= 15 is 0 Å². The maximum absolute atomic E-state index is 8.61. The highest BCUT2D eigenvalue weighted by Crippen LogP contribution is 2.28. The van der Waals surface area contributed by atoms with E-state index in [0.717, 1.165) is 31.0 Å². The molecule has 0 radical (unpaired) electrons. The first-order chi connectivity index (χ1) is 7.38. The smallest absolute Gasteiger partial charge is 0.140 e. The van der Waals surface area contributed by atoms with Crippen molar-refractivity contribution in [2.75, 3.05) is 13.2 Å². The summed E-state index contributed by atoms with van der Waals surface area (Å²) >= 11 is 1.83. The molecule has 0 bridgehead atoms. The number of nitriles is 1. The summed E-state index contributed by atoms with van der Waals surface area (Å²) in [6, 6.07) is 5.75. The number of nitrogens with zero attached hydrogens (tertiary/aromatic N) is 2. The molecule has 2 rings (SSSR count). The molecule has 0 spiro atoms. The highest BCUT2D eigenvalue weighted by molar-refractivity contribution is 8.00. The van der Waals surface area contributed by atoms with Crippen molar-refractivity contribution < 1.29 is 4.74 Å². The van der Waals surface area contributed by atoms with Crippen LogP contribution in [-0.2, 0) is 4.74 Å². The highest BCUT2D eigenvalue weighted by Gasteiger charge is 2.14. The Morgan fingerprint density at radius 1 is 1.40 bits per heavy atom. The summed E-state index contributed by atoms with van der Waals surface area (Å²) in [6.07, 6.45) is 3.98. The summed E-state index contributed by atoms with van der Waals surface area (Å²) in [5.74, 6) is 0. The van der Waals surface area contributed by atoms with Gasteiger partial charge in [-0.25, -0.2) is 4.98 Å². The van der Waals surface area contributed by atoms with Gasteiger partial charge in [0.05, 0.1) is 0 Å². The monoisotopic (exact) mass is 220 g/mol. The molecular weight excluding hydrogens is 208 g/mol. The first-order valence-corrected chi connectivity index (χ1v) is 5.87. The molecule has 1 aromatic rings. The minimum absolute atomic E-state index is 0.478. The van der Waals surface area contributed by atoms with E-state index < -0.39 is 0 Å². The summed E-state index contributed by atoms with van der Waals surface area (Å²) in [4.78, 5) is 5.19. The highest BCUT2D eigenvalue weighted by atomic mass is 32.2. The van der Waals surface area contributed by atoms with Crippen molar-refractivity contribution in [3.05, 3.63) is 24.0 Å². The molecule has 0 unspecified atom stereocenters. The van der Waals surface area contributed by atoms with Gasteiger partial charge in [0.1, 0.15) is 11.8 Å². The second-order valence-corrected chi connectivity index (χ2v) is 4.79. The Labute approximate surface area is 93.5 Å². The topological polar surface area (TPSA) is 45.9 Å². The van der Waals surface area contributed by atoms with Crippen molar-refractivity contribution in [1.82, 2.24) is 4.98 Å². The number of pyridine rings is 1. The number of rotatable bonds is 2. The molecule has 0 aromatic carbocycles. The molecule has 0 N–H and O–H groups in total. The Bertz CT molecular complexity index is 352. The van der Waals surface area contributed by atoms with Crippen molar-refractivity contribution in [1.29, 1.82) is 5.26 Å². The number of thioether (sulfide) groups is 1. The van der Waals surface area contributed by atoms with Crippen LogP contribution in [0.2, 0.25) is 0 Å². The maximum Gasteiger partial charge on any atom is 0.140 e. The lowest BCUT2D eigenvalue weighted by molar-refractivity contribution is 0.100. The fourth-order valence-corrected chi connectivity index (χ4v) is 2.58. The van der Waals surface area contributed by atoms with Crippen LogP contribution in [0, 0.1) is 11.3 Å². The standard InChI is InChI=1S/C11H12N2OS/c12-7-9-1-2-11(8-13-9)15-10-3-5-14-6-4-10/h1-2,8,10H,3-6H2. The fourth-order valence-electron chi connectivity index (χ4n) is 1.50. The van der Waals surface area contributed by atoms with Gasteiger partial charge < -0.3 is 4.74 Å².